The maximum Gasteiger partial charge on any atom is 0.244 e. The molecule has 0 saturated carbocycles. The Hall–Kier alpha value is -1.98. The molecule has 22 heavy (non-hydrogen) atoms. The van der Waals surface area contributed by atoms with E-state index in [2.05, 4.69) is 10.5 Å². The van der Waals surface area contributed by atoms with Crippen LogP contribution in [0.4, 0.5) is 5.88 Å². The summed E-state index contributed by atoms with van der Waals surface area (Å²) in [6.07, 6.45) is 1.61. The quantitative estimate of drug-likeness (QED) is 0.671. The Bertz CT molecular complexity index is 696. The predicted molar refractivity (Wildman–Crippen MR) is 88.9 cm³/mol. The molecule has 5 nitrogen and oxygen atoms in total. The average molecular weight is 340 g/mol. The van der Waals surface area contributed by atoms with Crippen LogP contribution in [0.15, 0.2) is 39.9 Å². The van der Waals surface area contributed by atoms with Crippen molar-refractivity contribution in [1.29, 1.82) is 0 Å². The zero-order chi connectivity index (χ0) is 16.1. The Kier molecular flexibility index (Phi) is 5.46. The van der Waals surface area contributed by atoms with E-state index in [1.165, 1.54) is 6.21 Å². The first-order valence-corrected chi connectivity index (χ1v) is 7.24. The molecule has 0 unspecified atom stereocenters. The van der Waals surface area contributed by atoms with Gasteiger partial charge in [-0.25, -0.2) is 5.43 Å². The molecule has 0 aliphatic heterocycles. The molecule has 0 aliphatic carbocycles. The normalized spacial score (nSPS) is 10.9. The van der Waals surface area contributed by atoms with E-state index in [-0.39, 0.29) is 12.3 Å². The van der Waals surface area contributed by atoms with Crippen LogP contribution >= 0.6 is 23.2 Å². The molecular weight excluding hydrogens is 325 g/mol. The van der Waals surface area contributed by atoms with Gasteiger partial charge in [-0.15, -0.1) is 0 Å². The summed E-state index contributed by atoms with van der Waals surface area (Å²) in [5.41, 5.74) is 3.19. The van der Waals surface area contributed by atoms with Gasteiger partial charge in [0.1, 0.15) is 5.76 Å². The molecule has 0 radical (unpaired) electrons. The van der Waals surface area contributed by atoms with E-state index >= 15 is 0 Å². The first kappa shape index (κ1) is 16.4. The van der Waals surface area contributed by atoms with Gasteiger partial charge in [0.25, 0.3) is 0 Å². The van der Waals surface area contributed by atoms with Gasteiger partial charge >= 0.3 is 0 Å². The summed E-state index contributed by atoms with van der Waals surface area (Å²) in [5, 5.41) is 4.73. The highest BCUT2D eigenvalue weighted by Gasteiger charge is 2.05. The van der Waals surface area contributed by atoms with Crippen molar-refractivity contribution < 1.29 is 9.21 Å². The number of carbonyl (C=O) groups excluding carboxylic acids is 1. The highest BCUT2D eigenvalue weighted by atomic mass is 35.5. The lowest BCUT2D eigenvalue weighted by Crippen LogP contribution is -2.19. The fourth-order valence-corrected chi connectivity index (χ4v) is 2.02. The summed E-state index contributed by atoms with van der Waals surface area (Å²) < 4.78 is 5.47. The Balaban J connectivity index is 1.88. The van der Waals surface area contributed by atoms with Crippen LogP contribution in [0, 0.1) is 0 Å². The molecule has 2 rings (SSSR count). The number of nitrogens with zero attached hydrogens (tertiary/aromatic N) is 2. The number of hydrazone groups is 1. The van der Waals surface area contributed by atoms with Crippen molar-refractivity contribution in [1.82, 2.24) is 5.43 Å². The fraction of sp³-hybridized carbons (Fsp3) is 0.200. The van der Waals surface area contributed by atoms with Gasteiger partial charge in [0.2, 0.25) is 5.91 Å². The molecule has 0 fully saturated rings. The number of amides is 1. The third-order valence-electron chi connectivity index (χ3n) is 2.78. The zero-order valence-electron chi connectivity index (χ0n) is 12.1. The molecule has 1 heterocycles. The second-order valence-electron chi connectivity index (χ2n) is 4.79. The zero-order valence-corrected chi connectivity index (χ0v) is 13.6. The summed E-state index contributed by atoms with van der Waals surface area (Å²) in [7, 11) is 3.75. The molecular formula is C15H15Cl2N3O2. The molecule has 1 aromatic heterocycles. The number of furan rings is 1. The Labute approximate surface area is 138 Å². The standard InChI is InChI=1S/C15H15Cl2N3O2/c1-20(2)15-6-4-11(22-15)9-18-19-14(21)8-10-3-5-12(16)13(17)7-10/h3-7,9H,8H2,1-2H3,(H,19,21)/b18-9-. The van der Waals surface area contributed by atoms with Crippen molar-refractivity contribution >= 4 is 41.2 Å². The summed E-state index contributed by atoms with van der Waals surface area (Å²) in [5.74, 6) is 1.01. The van der Waals surface area contributed by atoms with Crippen molar-refractivity contribution in [2.45, 2.75) is 6.42 Å². The molecule has 7 heteroatoms. The number of halogens is 2. The van der Waals surface area contributed by atoms with Crippen LogP contribution in [-0.2, 0) is 11.2 Å². The Morgan fingerprint density at radius 3 is 2.68 bits per heavy atom. The Morgan fingerprint density at radius 1 is 1.27 bits per heavy atom. The van der Waals surface area contributed by atoms with Gasteiger partial charge in [0, 0.05) is 20.2 Å². The lowest BCUT2D eigenvalue weighted by atomic mass is 10.1. The van der Waals surface area contributed by atoms with Crippen LogP contribution in [0.3, 0.4) is 0 Å². The van der Waals surface area contributed by atoms with Crippen LogP contribution < -0.4 is 10.3 Å². The van der Waals surface area contributed by atoms with Gasteiger partial charge in [0.05, 0.1) is 22.7 Å². The second kappa shape index (κ2) is 7.33. The third kappa shape index (κ3) is 4.51. The van der Waals surface area contributed by atoms with Gasteiger partial charge in [0.15, 0.2) is 5.88 Å². The number of hydrogen-bond acceptors (Lipinski definition) is 4. The summed E-state index contributed by atoms with van der Waals surface area (Å²) in [6.45, 7) is 0. The number of carbonyl (C=O) groups is 1. The Morgan fingerprint density at radius 2 is 2.05 bits per heavy atom. The van der Waals surface area contributed by atoms with E-state index in [1.54, 1.807) is 24.3 Å². The van der Waals surface area contributed by atoms with E-state index in [4.69, 9.17) is 27.6 Å². The molecule has 116 valence electrons. The molecule has 2 aromatic rings. The number of anilines is 1. The second-order valence-corrected chi connectivity index (χ2v) is 5.60. The van der Waals surface area contributed by atoms with Crippen molar-refractivity contribution in [3.63, 3.8) is 0 Å². The van der Waals surface area contributed by atoms with Gasteiger partial charge < -0.3 is 9.32 Å². The summed E-state index contributed by atoms with van der Waals surface area (Å²) in [6, 6.07) is 8.64. The van der Waals surface area contributed by atoms with E-state index in [9.17, 15) is 4.79 Å². The largest absolute Gasteiger partial charge is 0.440 e. The minimum absolute atomic E-state index is 0.162. The first-order chi connectivity index (χ1) is 10.5. The van der Waals surface area contributed by atoms with E-state index in [1.807, 2.05) is 25.1 Å². The highest BCUT2D eigenvalue weighted by molar-refractivity contribution is 6.42. The number of benzene rings is 1. The van der Waals surface area contributed by atoms with Crippen LogP contribution in [-0.4, -0.2) is 26.2 Å². The van der Waals surface area contributed by atoms with Gasteiger partial charge in [-0.05, 0) is 23.8 Å². The predicted octanol–water partition coefficient (Wildman–Crippen LogP) is 3.35. The fourth-order valence-electron chi connectivity index (χ4n) is 1.69. The van der Waals surface area contributed by atoms with E-state index in [0.717, 1.165) is 5.56 Å². The maximum absolute atomic E-state index is 11.8. The minimum atomic E-state index is -0.256. The smallest absolute Gasteiger partial charge is 0.244 e. The third-order valence-corrected chi connectivity index (χ3v) is 3.52. The summed E-state index contributed by atoms with van der Waals surface area (Å²) >= 11 is 11.7. The lowest BCUT2D eigenvalue weighted by Gasteiger charge is -2.05. The monoisotopic (exact) mass is 339 g/mol. The van der Waals surface area contributed by atoms with Crippen LogP contribution in [0.1, 0.15) is 11.3 Å². The van der Waals surface area contributed by atoms with Gasteiger partial charge in [-0.3, -0.25) is 4.79 Å². The summed E-state index contributed by atoms with van der Waals surface area (Å²) in [4.78, 5) is 13.6. The van der Waals surface area contributed by atoms with E-state index < -0.39 is 0 Å². The average Bonchev–Trinajstić information content (AvgIpc) is 2.92. The van der Waals surface area contributed by atoms with Crippen molar-refractivity contribution in [2.24, 2.45) is 5.10 Å². The van der Waals surface area contributed by atoms with Crippen LogP contribution in [0.5, 0.6) is 0 Å². The van der Waals surface area contributed by atoms with Gasteiger partial charge in [-0.1, -0.05) is 29.3 Å². The maximum atomic E-state index is 11.8. The molecule has 0 atom stereocenters. The lowest BCUT2D eigenvalue weighted by molar-refractivity contribution is -0.120. The van der Waals surface area contributed by atoms with Crippen molar-refractivity contribution in [3.05, 3.63) is 51.7 Å². The number of hydrogen-bond donors (Lipinski definition) is 1. The number of rotatable bonds is 5. The molecule has 0 saturated heterocycles. The van der Waals surface area contributed by atoms with Crippen molar-refractivity contribution in [2.75, 3.05) is 19.0 Å². The molecule has 0 spiro atoms. The molecule has 1 aromatic carbocycles. The molecule has 1 N–H and O–H groups in total. The molecule has 0 aliphatic rings. The van der Waals surface area contributed by atoms with Crippen LogP contribution in [0.2, 0.25) is 10.0 Å². The highest BCUT2D eigenvalue weighted by Crippen LogP contribution is 2.22. The topological polar surface area (TPSA) is 57.8 Å². The number of nitrogens with one attached hydrogen (secondary N) is 1. The molecule has 1 amide bonds. The van der Waals surface area contributed by atoms with Gasteiger partial charge in [-0.2, -0.15) is 5.10 Å². The minimum Gasteiger partial charge on any atom is -0.440 e. The van der Waals surface area contributed by atoms with Crippen LogP contribution in [0.25, 0.3) is 0 Å². The molecule has 0 bridgehead atoms. The van der Waals surface area contributed by atoms with Crippen molar-refractivity contribution in [3.8, 4) is 0 Å². The van der Waals surface area contributed by atoms with E-state index in [0.29, 0.717) is 21.7 Å². The SMILES string of the molecule is CN(C)c1ccc(/C=N\NC(=O)Cc2ccc(Cl)c(Cl)c2)o1. The first-order valence-electron chi connectivity index (χ1n) is 6.48.